The van der Waals surface area contributed by atoms with Gasteiger partial charge in [0, 0.05) is 15.6 Å². The Hall–Kier alpha value is -1.40. The van der Waals surface area contributed by atoms with Crippen LogP contribution in [-0.2, 0) is 0 Å². The molecule has 2 N–H and O–H groups in total. The van der Waals surface area contributed by atoms with Crippen molar-refractivity contribution in [3.63, 3.8) is 0 Å². The Bertz CT molecular complexity index is 610. The van der Waals surface area contributed by atoms with Gasteiger partial charge in [0.15, 0.2) is 17.5 Å². The second-order valence-corrected chi connectivity index (χ2v) is 4.73. The van der Waals surface area contributed by atoms with Crippen LogP contribution in [0.1, 0.15) is 17.2 Å². The smallest absolute Gasteiger partial charge is 0.194 e. The first-order valence-electron chi connectivity index (χ1n) is 5.26. The van der Waals surface area contributed by atoms with Crippen molar-refractivity contribution in [2.75, 3.05) is 0 Å². The molecule has 1 unspecified atom stereocenters. The van der Waals surface area contributed by atoms with Crippen LogP contribution in [0.15, 0.2) is 34.8 Å². The number of benzene rings is 2. The fraction of sp³-hybridized carbons (Fsp3) is 0.0769. The molecular weight excluding hydrogens is 326 g/mol. The molecule has 0 heterocycles. The molecule has 2 aromatic rings. The SMILES string of the molecule is NC(c1ccc(F)c(F)c1F)c1c(F)cccc1Br. The summed E-state index contributed by atoms with van der Waals surface area (Å²) in [5.41, 5.74) is 5.40. The van der Waals surface area contributed by atoms with Crippen molar-refractivity contribution in [1.82, 2.24) is 0 Å². The molecule has 0 aromatic heterocycles. The van der Waals surface area contributed by atoms with Gasteiger partial charge in [-0.15, -0.1) is 0 Å². The first kappa shape index (κ1) is 14.0. The van der Waals surface area contributed by atoms with E-state index in [0.29, 0.717) is 4.47 Å². The zero-order valence-corrected chi connectivity index (χ0v) is 11.0. The second kappa shape index (κ2) is 5.30. The number of hydrogen-bond donors (Lipinski definition) is 1. The van der Waals surface area contributed by atoms with E-state index in [1.54, 1.807) is 0 Å². The Morgan fingerprint density at radius 1 is 0.895 bits per heavy atom. The molecule has 19 heavy (non-hydrogen) atoms. The molecule has 0 aliphatic heterocycles. The van der Waals surface area contributed by atoms with Gasteiger partial charge in [-0.3, -0.25) is 0 Å². The molecule has 0 amide bonds. The van der Waals surface area contributed by atoms with Crippen molar-refractivity contribution in [3.05, 3.63) is 69.2 Å². The number of rotatable bonds is 2. The lowest BCUT2D eigenvalue weighted by Crippen LogP contribution is -2.17. The highest BCUT2D eigenvalue weighted by Gasteiger charge is 2.23. The lowest BCUT2D eigenvalue weighted by molar-refractivity contribution is 0.437. The predicted molar refractivity (Wildman–Crippen MR) is 66.4 cm³/mol. The summed E-state index contributed by atoms with van der Waals surface area (Å²) in [5.74, 6) is -5.02. The van der Waals surface area contributed by atoms with Gasteiger partial charge < -0.3 is 5.73 Å². The van der Waals surface area contributed by atoms with E-state index in [2.05, 4.69) is 15.9 Å². The van der Waals surface area contributed by atoms with Crippen LogP contribution >= 0.6 is 15.9 Å². The van der Waals surface area contributed by atoms with Gasteiger partial charge in [-0.05, 0) is 18.2 Å². The third-order valence-electron chi connectivity index (χ3n) is 2.71. The van der Waals surface area contributed by atoms with Gasteiger partial charge >= 0.3 is 0 Å². The van der Waals surface area contributed by atoms with E-state index >= 15 is 0 Å². The molecular formula is C13H8BrF4N. The maximum absolute atomic E-state index is 13.7. The summed E-state index contributed by atoms with van der Waals surface area (Å²) in [6, 6.07) is 4.62. The lowest BCUT2D eigenvalue weighted by Gasteiger charge is -2.16. The van der Waals surface area contributed by atoms with Gasteiger partial charge in [-0.25, -0.2) is 17.6 Å². The third kappa shape index (κ3) is 2.50. The molecule has 2 rings (SSSR count). The summed E-state index contributed by atoms with van der Waals surface area (Å²) < 4.78 is 53.7. The van der Waals surface area contributed by atoms with E-state index in [-0.39, 0.29) is 11.1 Å². The average Bonchev–Trinajstić information content (AvgIpc) is 2.35. The summed E-state index contributed by atoms with van der Waals surface area (Å²) >= 11 is 3.09. The summed E-state index contributed by atoms with van der Waals surface area (Å²) in [6.45, 7) is 0. The first-order chi connectivity index (χ1) is 8.93. The molecule has 1 atom stereocenters. The quantitative estimate of drug-likeness (QED) is 0.651. The van der Waals surface area contributed by atoms with Crippen molar-refractivity contribution in [3.8, 4) is 0 Å². The van der Waals surface area contributed by atoms with Crippen LogP contribution in [-0.4, -0.2) is 0 Å². The topological polar surface area (TPSA) is 26.0 Å². The van der Waals surface area contributed by atoms with E-state index in [1.807, 2.05) is 0 Å². The Morgan fingerprint density at radius 3 is 2.21 bits per heavy atom. The van der Waals surface area contributed by atoms with E-state index in [0.717, 1.165) is 18.2 Å². The van der Waals surface area contributed by atoms with Crippen LogP contribution in [0.2, 0.25) is 0 Å². The molecule has 0 saturated heterocycles. The molecule has 0 bridgehead atoms. The average molecular weight is 334 g/mol. The summed E-state index contributed by atoms with van der Waals surface area (Å²) in [4.78, 5) is 0. The van der Waals surface area contributed by atoms with E-state index in [9.17, 15) is 17.6 Å². The standard InChI is InChI=1S/C13H8BrF4N/c14-7-2-1-3-8(15)10(7)13(19)6-4-5-9(16)12(18)11(6)17/h1-5,13H,19H2. The molecule has 0 aliphatic rings. The molecule has 100 valence electrons. The minimum Gasteiger partial charge on any atom is -0.320 e. The molecule has 0 fully saturated rings. The Morgan fingerprint density at radius 2 is 1.58 bits per heavy atom. The van der Waals surface area contributed by atoms with Gasteiger partial charge in [-0.2, -0.15) is 0 Å². The van der Waals surface area contributed by atoms with Crippen LogP contribution in [0.4, 0.5) is 17.6 Å². The van der Waals surface area contributed by atoms with Crippen LogP contribution in [0.3, 0.4) is 0 Å². The number of halogens is 5. The minimum atomic E-state index is -1.62. The van der Waals surface area contributed by atoms with Crippen molar-refractivity contribution in [1.29, 1.82) is 0 Å². The van der Waals surface area contributed by atoms with Crippen molar-refractivity contribution in [2.24, 2.45) is 5.73 Å². The fourth-order valence-corrected chi connectivity index (χ4v) is 2.33. The number of hydrogen-bond acceptors (Lipinski definition) is 1. The predicted octanol–water partition coefficient (Wildman–Crippen LogP) is 4.05. The molecule has 2 aromatic carbocycles. The lowest BCUT2D eigenvalue weighted by atomic mass is 9.98. The Labute approximate surface area is 115 Å². The molecule has 6 heteroatoms. The molecule has 0 aliphatic carbocycles. The normalized spacial score (nSPS) is 12.5. The Balaban J connectivity index is 2.57. The van der Waals surface area contributed by atoms with Gasteiger partial charge in [0.05, 0.1) is 6.04 Å². The Kier molecular flexibility index (Phi) is 3.91. The van der Waals surface area contributed by atoms with Crippen LogP contribution in [0.25, 0.3) is 0 Å². The van der Waals surface area contributed by atoms with Gasteiger partial charge in [0.2, 0.25) is 0 Å². The largest absolute Gasteiger partial charge is 0.320 e. The second-order valence-electron chi connectivity index (χ2n) is 3.88. The van der Waals surface area contributed by atoms with Crippen molar-refractivity contribution < 1.29 is 17.6 Å². The van der Waals surface area contributed by atoms with E-state index in [1.165, 1.54) is 12.1 Å². The highest BCUT2D eigenvalue weighted by atomic mass is 79.9. The zero-order valence-electron chi connectivity index (χ0n) is 9.43. The minimum absolute atomic E-state index is 0.0209. The van der Waals surface area contributed by atoms with Crippen LogP contribution in [0, 0.1) is 23.3 Å². The monoisotopic (exact) mass is 333 g/mol. The van der Waals surface area contributed by atoms with Gasteiger partial charge in [-0.1, -0.05) is 28.1 Å². The van der Waals surface area contributed by atoms with Crippen molar-refractivity contribution >= 4 is 15.9 Å². The molecule has 0 saturated carbocycles. The van der Waals surface area contributed by atoms with Crippen molar-refractivity contribution in [2.45, 2.75) is 6.04 Å². The third-order valence-corrected chi connectivity index (χ3v) is 3.40. The highest BCUT2D eigenvalue weighted by molar-refractivity contribution is 9.10. The molecule has 0 spiro atoms. The molecule has 1 nitrogen and oxygen atoms in total. The van der Waals surface area contributed by atoms with Crippen LogP contribution in [0.5, 0.6) is 0 Å². The van der Waals surface area contributed by atoms with Gasteiger partial charge in [0.1, 0.15) is 5.82 Å². The number of nitrogens with two attached hydrogens (primary N) is 1. The first-order valence-corrected chi connectivity index (χ1v) is 6.05. The summed E-state index contributed by atoms with van der Waals surface area (Å²) in [5, 5.41) is 0. The van der Waals surface area contributed by atoms with Gasteiger partial charge in [0.25, 0.3) is 0 Å². The summed E-state index contributed by atoms with van der Waals surface area (Å²) in [6.07, 6.45) is 0. The van der Waals surface area contributed by atoms with E-state index in [4.69, 9.17) is 5.73 Å². The fourth-order valence-electron chi connectivity index (χ4n) is 1.74. The maximum atomic E-state index is 13.7. The summed E-state index contributed by atoms with van der Waals surface area (Å²) in [7, 11) is 0. The zero-order chi connectivity index (χ0) is 14.2. The maximum Gasteiger partial charge on any atom is 0.194 e. The highest BCUT2D eigenvalue weighted by Crippen LogP contribution is 2.31. The van der Waals surface area contributed by atoms with Crippen LogP contribution < -0.4 is 5.73 Å². The molecule has 0 radical (unpaired) electrons. The van der Waals surface area contributed by atoms with E-state index < -0.39 is 29.3 Å².